The standard InChI is InChI=1S/C7H13NO3S/c1-3-5-8(6-4-2)7-11-12(9)10/h3-4,12H,1-2,5-7H2. The molecule has 0 heterocycles. The van der Waals surface area contributed by atoms with E-state index in [2.05, 4.69) is 17.3 Å². The Hall–Kier alpha value is -0.650. The van der Waals surface area contributed by atoms with Gasteiger partial charge in [-0.3, -0.25) is 9.08 Å². The van der Waals surface area contributed by atoms with Crippen LogP contribution in [-0.4, -0.2) is 33.1 Å². The van der Waals surface area contributed by atoms with Gasteiger partial charge in [0.25, 0.3) is 11.0 Å². The van der Waals surface area contributed by atoms with Crippen molar-refractivity contribution in [3.05, 3.63) is 25.3 Å². The lowest BCUT2D eigenvalue weighted by molar-refractivity contribution is 0.162. The summed E-state index contributed by atoms with van der Waals surface area (Å²) in [5.74, 6) is 0. The Morgan fingerprint density at radius 1 is 1.25 bits per heavy atom. The fraction of sp³-hybridized carbons (Fsp3) is 0.429. The molecule has 0 spiro atoms. The molecule has 0 aliphatic heterocycles. The summed E-state index contributed by atoms with van der Waals surface area (Å²) in [6.45, 7) is 8.26. The van der Waals surface area contributed by atoms with Gasteiger partial charge in [-0.2, -0.15) is 0 Å². The molecular weight excluding hydrogens is 178 g/mol. The predicted octanol–water partition coefficient (Wildman–Crippen LogP) is 0.161. The molecule has 0 unspecified atom stereocenters. The maximum absolute atomic E-state index is 10.0. The van der Waals surface area contributed by atoms with Gasteiger partial charge in [0.15, 0.2) is 0 Å². The van der Waals surface area contributed by atoms with Crippen LogP contribution < -0.4 is 0 Å². The van der Waals surface area contributed by atoms with Crippen LogP contribution in [-0.2, 0) is 15.2 Å². The van der Waals surface area contributed by atoms with Crippen LogP contribution in [0.2, 0.25) is 0 Å². The highest BCUT2D eigenvalue weighted by atomic mass is 32.2. The van der Waals surface area contributed by atoms with Gasteiger partial charge in [-0.1, -0.05) is 12.2 Å². The largest absolute Gasteiger partial charge is 0.272 e. The minimum absolute atomic E-state index is 0.0523. The van der Waals surface area contributed by atoms with Crippen molar-refractivity contribution >= 4 is 11.0 Å². The van der Waals surface area contributed by atoms with E-state index in [0.717, 1.165) is 0 Å². The molecule has 70 valence electrons. The first-order chi connectivity index (χ1) is 5.70. The molecule has 0 aromatic carbocycles. The van der Waals surface area contributed by atoms with Crippen molar-refractivity contribution in [1.29, 1.82) is 0 Å². The number of thiol groups is 1. The van der Waals surface area contributed by atoms with E-state index >= 15 is 0 Å². The third-order valence-corrected chi connectivity index (χ3v) is 1.45. The molecule has 0 N–H and O–H groups in total. The molecule has 0 atom stereocenters. The third kappa shape index (κ3) is 6.09. The second kappa shape index (κ2) is 7.02. The smallest absolute Gasteiger partial charge is 0.258 e. The van der Waals surface area contributed by atoms with Crippen LogP contribution in [0, 0.1) is 0 Å². The molecule has 0 amide bonds. The quantitative estimate of drug-likeness (QED) is 0.354. The second-order valence-corrected chi connectivity index (χ2v) is 2.80. The lowest BCUT2D eigenvalue weighted by Gasteiger charge is -2.15. The molecule has 0 aromatic rings. The Bertz CT molecular complexity index is 195. The van der Waals surface area contributed by atoms with Crippen LogP contribution in [0.15, 0.2) is 25.3 Å². The number of rotatable bonds is 7. The van der Waals surface area contributed by atoms with Crippen LogP contribution in [0.3, 0.4) is 0 Å². The van der Waals surface area contributed by atoms with Crippen molar-refractivity contribution < 1.29 is 12.6 Å². The summed E-state index contributed by atoms with van der Waals surface area (Å²) in [6.07, 6.45) is 3.34. The molecule has 0 rings (SSSR count). The summed E-state index contributed by atoms with van der Waals surface area (Å²) in [7, 11) is -2.76. The summed E-state index contributed by atoms with van der Waals surface area (Å²) in [5, 5.41) is 0. The van der Waals surface area contributed by atoms with E-state index in [1.807, 2.05) is 0 Å². The third-order valence-electron chi connectivity index (χ3n) is 1.12. The Kier molecular flexibility index (Phi) is 6.64. The first kappa shape index (κ1) is 11.4. The highest BCUT2D eigenvalue weighted by Crippen LogP contribution is 1.89. The highest BCUT2D eigenvalue weighted by molar-refractivity contribution is 7.67. The fourth-order valence-corrected chi connectivity index (χ4v) is 0.931. The van der Waals surface area contributed by atoms with Gasteiger partial charge in [0.1, 0.15) is 6.73 Å². The number of nitrogens with zero attached hydrogens (tertiary/aromatic N) is 1. The first-order valence-electron chi connectivity index (χ1n) is 3.42. The van der Waals surface area contributed by atoms with Crippen LogP contribution in [0.5, 0.6) is 0 Å². The van der Waals surface area contributed by atoms with E-state index in [0.29, 0.717) is 13.1 Å². The van der Waals surface area contributed by atoms with Gasteiger partial charge >= 0.3 is 0 Å². The van der Waals surface area contributed by atoms with E-state index in [4.69, 9.17) is 0 Å². The Morgan fingerprint density at radius 2 is 1.75 bits per heavy atom. The highest BCUT2D eigenvalue weighted by Gasteiger charge is 1.99. The lowest BCUT2D eigenvalue weighted by atomic mass is 10.5. The average Bonchev–Trinajstić information content (AvgIpc) is 2.01. The van der Waals surface area contributed by atoms with Crippen LogP contribution in [0.25, 0.3) is 0 Å². The van der Waals surface area contributed by atoms with Crippen molar-refractivity contribution in [2.75, 3.05) is 19.8 Å². The molecule has 0 saturated heterocycles. The minimum atomic E-state index is -2.76. The Balaban J connectivity index is 3.76. The summed E-state index contributed by atoms with van der Waals surface area (Å²) in [5.41, 5.74) is 0. The van der Waals surface area contributed by atoms with Gasteiger partial charge in [0.05, 0.1) is 0 Å². The van der Waals surface area contributed by atoms with E-state index in [1.165, 1.54) is 0 Å². The van der Waals surface area contributed by atoms with Gasteiger partial charge in [-0.05, 0) is 0 Å². The maximum Gasteiger partial charge on any atom is 0.258 e. The topological polar surface area (TPSA) is 46.6 Å². The molecule has 0 fully saturated rings. The molecule has 0 saturated carbocycles. The predicted molar refractivity (Wildman–Crippen MR) is 48.2 cm³/mol. The van der Waals surface area contributed by atoms with Gasteiger partial charge in [0.2, 0.25) is 0 Å². The molecule has 5 heteroatoms. The fourth-order valence-electron chi connectivity index (χ4n) is 0.674. The van der Waals surface area contributed by atoms with E-state index in [1.54, 1.807) is 17.1 Å². The molecule has 4 nitrogen and oxygen atoms in total. The van der Waals surface area contributed by atoms with Crippen molar-refractivity contribution in [3.8, 4) is 0 Å². The SMILES string of the molecule is C=CCN(CC=C)CO[SH](=O)=O. The molecule has 0 bridgehead atoms. The summed E-state index contributed by atoms with van der Waals surface area (Å²) in [4.78, 5) is 1.74. The van der Waals surface area contributed by atoms with Gasteiger partial charge < -0.3 is 0 Å². The number of hydrogen-bond donors (Lipinski definition) is 1. The number of hydrogen-bond acceptors (Lipinski definition) is 4. The summed E-state index contributed by atoms with van der Waals surface area (Å²) in [6, 6.07) is 0. The van der Waals surface area contributed by atoms with Crippen LogP contribution in [0.1, 0.15) is 0 Å². The van der Waals surface area contributed by atoms with Crippen molar-refractivity contribution in [2.24, 2.45) is 0 Å². The second-order valence-electron chi connectivity index (χ2n) is 2.10. The van der Waals surface area contributed by atoms with Crippen molar-refractivity contribution in [3.63, 3.8) is 0 Å². The lowest BCUT2D eigenvalue weighted by Crippen LogP contribution is -2.26. The van der Waals surface area contributed by atoms with Crippen molar-refractivity contribution in [2.45, 2.75) is 0 Å². The summed E-state index contributed by atoms with van der Waals surface area (Å²) >= 11 is 0. The van der Waals surface area contributed by atoms with E-state index < -0.39 is 11.0 Å². The Labute approximate surface area is 74.3 Å². The van der Waals surface area contributed by atoms with Crippen LogP contribution >= 0.6 is 0 Å². The molecule has 0 aromatic heterocycles. The maximum atomic E-state index is 10.0. The molecule has 0 aliphatic carbocycles. The van der Waals surface area contributed by atoms with Gasteiger partial charge in [-0.15, -0.1) is 13.2 Å². The molecule has 0 aliphatic rings. The van der Waals surface area contributed by atoms with Crippen LogP contribution in [0.4, 0.5) is 0 Å². The first-order valence-corrected chi connectivity index (χ1v) is 4.51. The monoisotopic (exact) mass is 191 g/mol. The summed E-state index contributed by atoms with van der Waals surface area (Å²) < 4.78 is 24.5. The van der Waals surface area contributed by atoms with E-state index in [9.17, 15) is 8.42 Å². The van der Waals surface area contributed by atoms with E-state index in [-0.39, 0.29) is 6.73 Å². The van der Waals surface area contributed by atoms with Crippen molar-refractivity contribution in [1.82, 2.24) is 4.90 Å². The zero-order chi connectivity index (χ0) is 9.40. The zero-order valence-corrected chi connectivity index (χ0v) is 7.70. The van der Waals surface area contributed by atoms with Gasteiger partial charge in [-0.25, -0.2) is 8.42 Å². The molecule has 12 heavy (non-hydrogen) atoms. The Morgan fingerprint density at radius 3 is 2.08 bits per heavy atom. The minimum Gasteiger partial charge on any atom is -0.272 e. The average molecular weight is 191 g/mol. The van der Waals surface area contributed by atoms with Gasteiger partial charge in [0, 0.05) is 13.1 Å². The normalized spacial score (nSPS) is 10.5. The molecule has 0 radical (unpaired) electrons. The molecular formula is C7H13NO3S. The zero-order valence-electron chi connectivity index (χ0n) is 6.81.